The van der Waals surface area contributed by atoms with Crippen LogP contribution in [0.25, 0.3) is 0 Å². The maximum Gasteiger partial charge on any atom is 0.409 e. The molecule has 1 aromatic heterocycles. The Balaban J connectivity index is 2.13. The highest BCUT2D eigenvalue weighted by molar-refractivity contribution is 5.67. The van der Waals surface area contributed by atoms with Crippen molar-refractivity contribution in [2.45, 2.75) is 32.7 Å². The summed E-state index contributed by atoms with van der Waals surface area (Å²) in [5, 5.41) is 20.7. The van der Waals surface area contributed by atoms with Gasteiger partial charge in [0.25, 0.3) is 0 Å². The van der Waals surface area contributed by atoms with Gasteiger partial charge >= 0.3 is 6.09 Å². The van der Waals surface area contributed by atoms with Gasteiger partial charge in [-0.2, -0.15) is 10.4 Å². The normalized spacial score (nSPS) is 18.0. The standard InChI is InChI=1S/C14H19N5O2/c1-9-10(2)17-18-13(12(9)7-15)16-11-5-4-6-19(8-11)14(20)21-3/h11H,4-6,8H2,1-3H3,(H,16,18). The maximum atomic E-state index is 11.6. The second kappa shape index (κ2) is 6.39. The molecule has 2 heterocycles. The van der Waals surface area contributed by atoms with Crippen LogP contribution in [0.1, 0.15) is 29.7 Å². The second-order valence-electron chi connectivity index (χ2n) is 5.15. The van der Waals surface area contributed by atoms with Crippen LogP contribution in [0.4, 0.5) is 10.6 Å². The highest BCUT2D eigenvalue weighted by Crippen LogP contribution is 2.20. The van der Waals surface area contributed by atoms with E-state index in [2.05, 4.69) is 21.6 Å². The number of aryl methyl sites for hydroxylation is 1. The molecule has 1 unspecified atom stereocenters. The van der Waals surface area contributed by atoms with Gasteiger partial charge in [-0.3, -0.25) is 0 Å². The molecule has 0 spiro atoms. The van der Waals surface area contributed by atoms with Crippen molar-refractivity contribution in [2.75, 3.05) is 25.5 Å². The Bertz CT molecular complexity index is 581. The summed E-state index contributed by atoms with van der Waals surface area (Å²) >= 11 is 0. The number of carbonyl (C=O) groups is 1. The van der Waals surface area contributed by atoms with E-state index < -0.39 is 0 Å². The van der Waals surface area contributed by atoms with Crippen molar-refractivity contribution in [1.29, 1.82) is 5.26 Å². The molecule has 0 aliphatic carbocycles. The number of nitrogens with zero attached hydrogens (tertiary/aromatic N) is 4. The predicted octanol–water partition coefficient (Wildman–Crippen LogP) is 1.61. The summed E-state index contributed by atoms with van der Waals surface area (Å²) in [5.41, 5.74) is 2.09. The van der Waals surface area contributed by atoms with E-state index in [1.807, 2.05) is 13.8 Å². The first-order chi connectivity index (χ1) is 10.1. The fraction of sp³-hybridized carbons (Fsp3) is 0.571. The monoisotopic (exact) mass is 289 g/mol. The Hall–Kier alpha value is -2.36. The van der Waals surface area contributed by atoms with Crippen LogP contribution in [0.15, 0.2) is 0 Å². The number of nitrogens with one attached hydrogen (secondary N) is 1. The highest BCUT2D eigenvalue weighted by Gasteiger charge is 2.25. The summed E-state index contributed by atoms with van der Waals surface area (Å²) in [4.78, 5) is 13.2. The number of ether oxygens (including phenoxy) is 1. The number of hydrogen-bond donors (Lipinski definition) is 1. The molecular weight excluding hydrogens is 270 g/mol. The van der Waals surface area contributed by atoms with Crippen LogP contribution < -0.4 is 5.32 Å². The molecule has 21 heavy (non-hydrogen) atoms. The number of likely N-dealkylation sites (tertiary alicyclic amines) is 1. The number of carbonyl (C=O) groups excluding carboxylic acids is 1. The Morgan fingerprint density at radius 3 is 2.90 bits per heavy atom. The Kier molecular flexibility index (Phi) is 4.58. The van der Waals surface area contributed by atoms with Gasteiger partial charge in [0.05, 0.1) is 12.8 Å². The number of hydrogen-bond acceptors (Lipinski definition) is 6. The van der Waals surface area contributed by atoms with Crippen molar-refractivity contribution < 1.29 is 9.53 Å². The zero-order valence-corrected chi connectivity index (χ0v) is 12.5. The average Bonchev–Trinajstić information content (AvgIpc) is 2.51. The van der Waals surface area contributed by atoms with Crippen LogP contribution >= 0.6 is 0 Å². The first-order valence-corrected chi connectivity index (χ1v) is 6.90. The number of aromatic nitrogens is 2. The van der Waals surface area contributed by atoms with Gasteiger partial charge in [-0.25, -0.2) is 4.79 Å². The van der Waals surface area contributed by atoms with Gasteiger partial charge in [0.2, 0.25) is 0 Å². The van der Waals surface area contributed by atoms with Gasteiger partial charge in [0, 0.05) is 19.1 Å². The molecule has 2 rings (SSSR count). The molecule has 1 fully saturated rings. The zero-order chi connectivity index (χ0) is 15.4. The number of methoxy groups -OCH3 is 1. The average molecular weight is 289 g/mol. The summed E-state index contributed by atoms with van der Waals surface area (Å²) in [6.45, 7) is 4.91. The maximum absolute atomic E-state index is 11.6. The molecule has 0 bridgehead atoms. The van der Waals surface area contributed by atoms with Gasteiger partial charge < -0.3 is 15.0 Å². The van der Waals surface area contributed by atoms with Crippen molar-refractivity contribution >= 4 is 11.9 Å². The van der Waals surface area contributed by atoms with Crippen molar-refractivity contribution in [3.8, 4) is 6.07 Å². The molecular formula is C14H19N5O2. The minimum Gasteiger partial charge on any atom is -0.453 e. The summed E-state index contributed by atoms with van der Waals surface area (Å²) in [7, 11) is 1.38. The zero-order valence-electron chi connectivity index (χ0n) is 12.5. The van der Waals surface area contributed by atoms with Crippen molar-refractivity contribution in [3.63, 3.8) is 0 Å². The number of amides is 1. The van der Waals surface area contributed by atoms with Gasteiger partial charge in [-0.1, -0.05) is 0 Å². The molecule has 7 nitrogen and oxygen atoms in total. The minimum absolute atomic E-state index is 0.0429. The lowest BCUT2D eigenvalue weighted by atomic mass is 10.1. The van der Waals surface area contributed by atoms with Gasteiger partial charge in [-0.05, 0) is 32.3 Å². The van der Waals surface area contributed by atoms with Crippen LogP contribution in [0, 0.1) is 25.2 Å². The third-order valence-corrected chi connectivity index (χ3v) is 3.76. The van der Waals surface area contributed by atoms with Crippen molar-refractivity contribution in [1.82, 2.24) is 15.1 Å². The van der Waals surface area contributed by atoms with Crippen LogP contribution in [0.2, 0.25) is 0 Å². The van der Waals surface area contributed by atoms with Crippen molar-refractivity contribution in [3.05, 3.63) is 16.8 Å². The summed E-state index contributed by atoms with van der Waals surface area (Å²) in [5.74, 6) is 0.484. The fourth-order valence-electron chi connectivity index (χ4n) is 2.43. The molecule has 1 atom stereocenters. The minimum atomic E-state index is -0.326. The number of rotatable bonds is 2. The molecule has 0 radical (unpaired) electrons. The number of anilines is 1. The molecule has 1 amide bonds. The molecule has 1 saturated heterocycles. The fourth-order valence-corrected chi connectivity index (χ4v) is 2.43. The van der Waals surface area contributed by atoms with Gasteiger partial charge in [0.1, 0.15) is 11.6 Å². The predicted molar refractivity (Wildman–Crippen MR) is 76.8 cm³/mol. The summed E-state index contributed by atoms with van der Waals surface area (Å²) in [6.07, 6.45) is 1.47. The molecule has 7 heteroatoms. The first-order valence-electron chi connectivity index (χ1n) is 6.90. The van der Waals surface area contributed by atoms with E-state index in [1.165, 1.54) is 7.11 Å². The number of nitriles is 1. The third-order valence-electron chi connectivity index (χ3n) is 3.76. The lowest BCUT2D eigenvalue weighted by Crippen LogP contribution is -2.45. The SMILES string of the molecule is COC(=O)N1CCCC(Nc2nnc(C)c(C)c2C#N)C1. The van der Waals surface area contributed by atoms with E-state index in [1.54, 1.807) is 4.90 Å². The Morgan fingerprint density at radius 2 is 2.24 bits per heavy atom. The molecule has 1 aromatic rings. The van der Waals surface area contributed by atoms with E-state index in [0.29, 0.717) is 24.5 Å². The lowest BCUT2D eigenvalue weighted by Gasteiger charge is -2.32. The molecule has 112 valence electrons. The summed E-state index contributed by atoms with van der Waals surface area (Å²) < 4.78 is 4.75. The molecule has 1 aliphatic rings. The van der Waals surface area contributed by atoms with Crippen LogP contribution in [-0.4, -0.2) is 47.4 Å². The molecule has 1 N–H and O–H groups in total. The first kappa shape index (κ1) is 15.0. The molecule has 0 saturated carbocycles. The summed E-state index contributed by atoms with van der Waals surface area (Å²) in [6, 6.07) is 2.21. The Labute approximate surface area is 123 Å². The van der Waals surface area contributed by atoms with Crippen LogP contribution in [0.3, 0.4) is 0 Å². The smallest absolute Gasteiger partial charge is 0.409 e. The van der Waals surface area contributed by atoms with Gasteiger partial charge in [0.15, 0.2) is 5.82 Å². The quantitative estimate of drug-likeness (QED) is 0.889. The largest absolute Gasteiger partial charge is 0.453 e. The van der Waals surface area contributed by atoms with Crippen molar-refractivity contribution in [2.24, 2.45) is 0 Å². The van der Waals surface area contributed by atoms with E-state index in [9.17, 15) is 10.1 Å². The highest BCUT2D eigenvalue weighted by atomic mass is 16.5. The van der Waals surface area contributed by atoms with E-state index >= 15 is 0 Å². The second-order valence-corrected chi connectivity index (χ2v) is 5.15. The third kappa shape index (κ3) is 3.21. The lowest BCUT2D eigenvalue weighted by molar-refractivity contribution is 0.113. The van der Waals surface area contributed by atoms with Gasteiger partial charge in [-0.15, -0.1) is 5.10 Å². The van der Waals surface area contributed by atoms with Crippen LogP contribution in [0.5, 0.6) is 0 Å². The number of piperidine rings is 1. The van der Waals surface area contributed by atoms with E-state index in [-0.39, 0.29) is 12.1 Å². The Morgan fingerprint density at radius 1 is 1.48 bits per heavy atom. The molecule has 1 aliphatic heterocycles. The van der Waals surface area contributed by atoms with Crippen LogP contribution in [-0.2, 0) is 4.74 Å². The molecule has 0 aromatic carbocycles. The van der Waals surface area contributed by atoms with E-state index in [4.69, 9.17) is 4.74 Å². The topological polar surface area (TPSA) is 91.1 Å². The van der Waals surface area contributed by atoms with E-state index in [0.717, 1.165) is 24.1 Å².